The van der Waals surface area contributed by atoms with E-state index in [1.807, 2.05) is 42.5 Å². The van der Waals surface area contributed by atoms with Gasteiger partial charge in [-0.3, -0.25) is 4.79 Å². The molecule has 1 atom stereocenters. The molecule has 3 aromatic rings. The number of nitrogens with one attached hydrogen (secondary N) is 1. The number of carboxylic acid groups (broad SMARTS) is 1. The largest absolute Gasteiger partial charge is 0.480 e. The number of aromatic nitrogens is 2. The Morgan fingerprint density at radius 2 is 1.80 bits per heavy atom. The van der Waals surface area contributed by atoms with E-state index in [0.717, 1.165) is 32.7 Å². The highest BCUT2D eigenvalue weighted by molar-refractivity contribution is 7.80. The van der Waals surface area contributed by atoms with Crippen molar-refractivity contribution < 1.29 is 14.7 Å². The third-order valence-corrected chi connectivity index (χ3v) is 5.36. The number of carbonyl (C=O) groups is 2. The Labute approximate surface area is 180 Å². The van der Waals surface area contributed by atoms with Gasteiger partial charge in [0.1, 0.15) is 12.4 Å². The van der Waals surface area contributed by atoms with Crippen molar-refractivity contribution in [3.05, 3.63) is 77.9 Å². The Bertz CT molecular complexity index is 1030. The van der Waals surface area contributed by atoms with Crippen molar-refractivity contribution in [3.63, 3.8) is 0 Å². The summed E-state index contributed by atoms with van der Waals surface area (Å²) < 4.78 is 0. The number of amides is 1. The van der Waals surface area contributed by atoms with Crippen LogP contribution in [0.4, 0.5) is 0 Å². The number of thiol groups is 1. The number of hydrogen-bond donors (Lipinski definition) is 3. The molecule has 1 heterocycles. The highest BCUT2D eigenvalue weighted by Crippen LogP contribution is 2.33. The molecular formula is C23H23N3O3S. The van der Waals surface area contributed by atoms with E-state index in [9.17, 15) is 14.7 Å². The van der Waals surface area contributed by atoms with Crippen molar-refractivity contribution in [2.75, 3.05) is 0 Å². The van der Waals surface area contributed by atoms with Crippen LogP contribution in [0.5, 0.6) is 0 Å². The van der Waals surface area contributed by atoms with E-state index in [-0.39, 0.29) is 18.7 Å². The summed E-state index contributed by atoms with van der Waals surface area (Å²) in [4.78, 5) is 32.5. The van der Waals surface area contributed by atoms with Crippen LogP contribution in [-0.2, 0) is 22.4 Å². The molecule has 6 nitrogen and oxygen atoms in total. The second-order valence-electron chi connectivity index (χ2n) is 6.90. The van der Waals surface area contributed by atoms with Gasteiger partial charge in [0.15, 0.2) is 0 Å². The summed E-state index contributed by atoms with van der Waals surface area (Å²) in [6.07, 6.45) is 5.89. The molecule has 0 bridgehead atoms. The Morgan fingerprint density at radius 1 is 1.10 bits per heavy atom. The number of rotatable bonds is 8. The summed E-state index contributed by atoms with van der Waals surface area (Å²) in [6, 6.07) is 12.7. The van der Waals surface area contributed by atoms with Crippen LogP contribution in [0, 0.1) is 0 Å². The van der Waals surface area contributed by atoms with E-state index < -0.39 is 12.0 Å². The van der Waals surface area contributed by atoms with Crippen LogP contribution in [0.15, 0.2) is 66.1 Å². The first kappa shape index (κ1) is 21.5. The molecule has 1 aromatic heterocycles. The smallest absolute Gasteiger partial charge is 0.326 e. The monoisotopic (exact) mass is 421 g/mol. The van der Waals surface area contributed by atoms with E-state index in [2.05, 4.69) is 15.3 Å². The first-order chi connectivity index (χ1) is 14.5. The minimum absolute atomic E-state index is 0.169. The highest BCUT2D eigenvalue weighted by Gasteiger charge is 2.23. The summed E-state index contributed by atoms with van der Waals surface area (Å²) in [7, 11) is 0. The first-order valence-corrected chi connectivity index (χ1v) is 10.1. The fraction of sp³-hybridized carbons (Fsp3) is 0.217. The van der Waals surface area contributed by atoms with Crippen LogP contribution in [-0.4, -0.2) is 33.0 Å². The van der Waals surface area contributed by atoms with E-state index >= 15 is 0 Å². The van der Waals surface area contributed by atoms with Gasteiger partial charge in [-0.05, 0) is 28.7 Å². The molecule has 154 valence electrons. The van der Waals surface area contributed by atoms with Crippen molar-refractivity contribution in [1.82, 2.24) is 15.3 Å². The topological polar surface area (TPSA) is 92.2 Å². The Balaban J connectivity index is 2.04. The lowest BCUT2D eigenvalue weighted by Gasteiger charge is -2.20. The van der Waals surface area contributed by atoms with Gasteiger partial charge >= 0.3 is 5.97 Å². The van der Waals surface area contributed by atoms with Gasteiger partial charge in [-0.2, -0.15) is 0 Å². The first-order valence-electron chi connectivity index (χ1n) is 9.64. The average molecular weight is 422 g/mol. The number of aliphatic carboxylic acids is 1. The standard InChI is InChI=1S/C23H23N3O3S/c1-2-21(27)26-20(23(28)29)11-16-8-9-18(17-12-24-14-25-13-17)22(30)19(16)10-15-6-4-3-5-7-15/h3-9,12-14,20,30H,2,10-11H2,1H3,(H,26,27)(H,28,29)/t20-/m0/s1. The van der Waals surface area contributed by atoms with Crippen LogP contribution in [0.25, 0.3) is 11.1 Å². The van der Waals surface area contributed by atoms with Crippen LogP contribution in [0.2, 0.25) is 0 Å². The minimum Gasteiger partial charge on any atom is -0.480 e. The SMILES string of the molecule is CCC(=O)N[C@@H](Cc1ccc(-c2cncnc2)c(S)c1Cc1ccccc1)C(=O)O. The molecule has 0 aliphatic rings. The van der Waals surface area contributed by atoms with E-state index in [1.165, 1.54) is 6.33 Å². The maximum absolute atomic E-state index is 11.8. The zero-order valence-electron chi connectivity index (χ0n) is 16.6. The molecule has 0 fully saturated rings. The zero-order chi connectivity index (χ0) is 21.5. The van der Waals surface area contributed by atoms with E-state index in [1.54, 1.807) is 19.3 Å². The molecular weight excluding hydrogens is 398 g/mol. The van der Waals surface area contributed by atoms with Crippen molar-refractivity contribution in [2.24, 2.45) is 0 Å². The number of hydrogen-bond acceptors (Lipinski definition) is 5. The molecule has 2 aromatic carbocycles. The third kappa shape index (κ3) is 5.24. The molecule has 0 aliphatic carbocycles. The molecule has 0 unspecified atom stereocenters. The fourth-order valence-corrected chi connectivity index (χ4v) is 3.68. The van der Waals surface area contributed by atoms with Crippen molar-refractivity contribution in [3.8, 4) is 11.1 Å². The molecule has 3 rings (SSSR count). The van der Waals surface area contributed by atoms with Crippen molar-refractivity contribution >= 4 is 24.5 Å². The lowest BCUT2D eigenvalue weighted by atomic mass is 9.92. The van der Waals surface area contributed by atoms with Gasteiger partial charge in [-0.1, -0.05) is 49.4 Å². The Hall–Kier alpha value is -3.19. The second-order valence-corrected chi connectivity index (χ2v) is 7.35. The van der Waals surface area contributed by atoms with E-state index in [4.69, 9.17) is 12.6 Å². The highest BCUT2D eigenvalue weighted by atomic mass is 32.1. The van der Waals surface area contributed by atoms with Gasteiger partial charge in [-0.15, -0.1) is 12.6 Å². The number of carboxylic acids is 1. The van der Waals surface area contributed by atoms with E-state index in [0.29, 0.717) is 6.42 Å². The summed E-state index contributed by atoms with van der Waals surface area (Å²) in [5.41, 5.74) is 4.53. The lowest BCUT2D eigenvalue weighted by Crippen LogP contribution is -2.42. The predicted molar refractivity (Wildman–Crippen MR) is 118 cm³/mol. The van der Waals surface area contributed by atoms with Crippen LogP contribution >= 0.6 is 12.6 Å². The lowest BCUT2D eigenvalue weighted by molar-refractivity contribution is -0.141. The van der Waals surface area contributed by atoms with Crippen LogP contribution in [0.3, 0.4) is 0 Å². The van der Waals surface area contributed by atoms with Gasteiger partial charge in [0.2, 0.25) is 5.91 Å². The van der Waals surface area contributed by atoms with Crippen molar-refractivity contribution in [1.29, 1.82) is 0 Å². The predicted octanol–water partition coefficient (Wildman–Crippen LogP) is 3.55. The Kier molecular flexibility index (Phi) is 7.19. The quantitative estimate of drug-likeness (QED) is 0.484. The summed E-state index contributed by atoms with van der Waals surface area (Å²) in [5.74, 6) is -1.36. The fourth-order valence-electron chi connectivity index (χ4n) is 3.25. The summed E-state index contributed by atoms with van der Waals surface area (Å²) >= 11 is 4.79. The molecule has 0 saturated heterocycles. The molecule has 0 aliphatic heterocycles. The van der Waals surface area contributed by atoms with Crippen LogP contribution < -0.4 is 5.32 Å². The van der Waals surface area contributed by atoms with Gasteiger partial charge in [0.05, 0.1) is 0 Å². The number of carbonyl (C=O) groups excluding carboxylic acids is 1. The minimum atomic E-state index is -1.07. The summed E-state index contributed by atoms with van der Waals surface area (Å²) in [5, 5.41) is 12.2. The third-order valence-electron chi connectivity index (χ3n) is 4.85. The zero-order valence-corrected chi connectivity index (χ0v) is 17.5. The molecule has 0 spiro atoms. The van der Waals surface area contributed by atoms with Gasteiger partial charge in [0, 0.05) is 35.7 Å². The molecule has 1 amide bonds. The van der Waals surface area contributed by atoms with Crippen LogP contribution in [0.1, 0.15) is 30.0 Å². The normalized spacial score (nSPS) is 11.7. The average Bonchev–Trinajstić information content (AvgIpc) is 2.76. The Morgan fingerprint density at radius 3 is 2.43 bits per heavy atom. The number of benzene rings is 2. The molecule has 2 N–H and O–H groups in total. The second kappa shape index (κ2) is 10.0. The molecule has 7 heteroatoms. The molecule has 0 radical (unpaired) electrons. The maximum Gasteiger partial charge on any atom is 0.326 e. The molecule has 0 saturated carbocycles. The maximum atomic E-state index is 11.8. The summed E-state index contributed by atoms with van der Waals surface area (Å²) in [6.45, 7) is 1.69. The number of nitrogens with zero attached hydrogens (tertiary/aromatic N) is 2. The van der Waals surface area contributed by atoms with Gasteiger partial charge in [0.25, 0.3) is 0 Å². The van der Waals surface area contributed by atoms with Crippen molar-refractivity contribution in [2.45, 2.75) is 37.1 Å². The van der Waals surface area contributed by atoms with Gasteiger partial charge in [-0.25, -0.2) is 14.8 Å². The van der Waals surface area contributed by atoms with Gasteiger partial charge < -0.3 is 10.4 Å². The molecule has 30 heavy (non-hydrogen) atoms.